The van der Waals surface area contributed by atoms with Crippen molar-refractivity contribution >= 4 is 0 Å². The Morgan fingerprint density at radius 1 is 1.28 bits per heavy atom. The Kier molecular flexibility index (Phi) is 5.21. The van der Waals surface area contributed by atoms with Gasteiger partial charge in [-0.05, 0) is 37.4 Å². The van der Waals surface area contributed by atoms with E-state index >= 15 is 0 Å². The number of nitrogens with one attached hydrogen (secondary N) is 1. The first kappa shape index (κ1) is 13.6. The topological polar surface area (TPSA) is 15.3 Å². The Labute approximate surface area is 111 Å². The molecule has 1 heterocycles. The van der Waals surface area contributed by atoms with E-state index in [4.69, 9.17) is 0 Å². The average molecular weight is 246 g/mol. The molecule has 1 aliphatic rings. The molecule has 2 rings (SSSR count). The van der Waals surface area contributed by atoms with E-state index in [0.717, 1.165) is 18.9 Å². The lowest BCUT2D eigenvalue weighted by molar-refractivity contribution is 0.239. The Balaban J connectivity index is 1.91. The molecule has 0 amide bonds. The molecule has 1 saturated heterocycles. The monoisotopic (exact) mass is 246 g/mol. The second-order valence-corrected chi connectivity index (χ2v) is 5.85. The summed E-state index contributed by atoms with van der Waals surface area (Å²) in [5.74, 6) is 0.764. The third-order valence-corrected chi connectivity index (χ3v) is 3.51. The van der Waals surface area contributed by atoms with Crippen LogP contribution < -0.4 is 5.32 Å². The van der Waals surface area contributed by atoms with Gasteiger partial charge < -0.3 is 10.2 Å². The second kappa shape index (κ2) is 6.91. The van der Waals surface area contributed by atoms with E-state index in [1.54, 1.807) is 0 Å². The molecule has 100 valence electrons. The number of rotatable bonds is 4. The summed E-state index contributed by atoms with van der Waals surface area (Å²) in [6.45, 7) is 9.44. The van der Waals surface area contributed by atoms with Crippen LogP contribution in [0.5, 0.6) is 0 Å². The number of benzene rings is 1. The zero-order valence-corrected chi connectivity index (χ0v) is 11.7. The van der Waals surface area contributed by atoms with Crippen molar-refractivity contribution in [2.75, 3.05) is 26.2 Å². The summed E-state index contributed by atoms with van der Waals surface area (Å²) in [7, 11) is 0. The first-order valence-electron chi connectivity index (χ1n) is 7.23. The highest BCUT2D eigenvalue weighted by Gasteiger charge is 2.18. The van der Waals surface area contributed by atoms with E-state index in [2.05, 4.69) is 54.4 Å². The standard InChI is InChI=1S/C16H26N2/c1-14(2)12-18-10-6-9-17-16(13-18)11-15-7-4-3-5-8-15/h3-5,7-8,14,16-17H,6,9-13H2,1-2H3. The molecule has 1 aromatic rings. The van der Waals surface area contributed by atoms with Gasteiger partial charge in [0, 0.05) is 19.1 Å². The quantitative estimate of drug-likeness (QED) is 0.878. The highest BCUT2D eigenvalue weighted by Crippen LogP contribution is 2.09. The summed E-state index contributed by atoms with van der Waals surface area (Å²) in [6, 6.07) is 11.4. The van der Waals surface area contributed by atoms with Crippen LogP contribution >= 0.6 is 0 Å². The Hall–Kier alpha value is -0.860. The van der Waals surface area contributed by atoms with Crippen LogP contribution in [-0.4, -0.2) is 37.1 Å². The molecule has 0 aromatic heterocycles. The van der Waals surface area contributed by atoms with Crippen LogP contribution in [0.15, 0.2) is 30.3 Å². The van der Waals surface area contributed by atoms with Crippen LogP contribution in [0.25, 0.3) is 0 Å². The van der Waals surface area contributed by atoms with Gasteiger partial charge in [0.2, 0.25) is 0 Å². The van der Waals surface area contributed by atoms with Gasteiger partial charge in [-0.15, -0.1) is 0 Å². The van der Waals surface area contributed by atoms with Gasteiger partial charge in [0.1, 0.15) is 0 Å². The van der Waals surface area contributed by atoms with Crippen LogP contribution in [0.4, 0.5) is 0 Å². The molecule has 1 aliphatic heterocycles. The summed E-state index contributed by atoms with van der Waals surface area (Å²) < 4.78 is 0. The highest BCUT2D eigenvalue weighted by molar-refractivity contribution is 5.16. The largest absolute Gasteiger partial charge is 0.312 e. The van der Waals surface area contributed by atoms with Gasteiger partial charge in [0.25, 0.3) is 0 Å². The predicted molar refractivity (Wildman–Crippen MR) is 77.8 cm³/mol. The van der Waals surface area contributed by atoms with Crippen LogP contribution in [0.1, 0.15) is 25.8 Å². The molecule has 18 heavy (non-hydrogen) atoms. The van der Waals surface area contributed by atoms with Gasteiger partial charge in [-0.3, -0.25) is 0 Å². The molecular formula is C16H26N2. The lowest BCUT2D eigenvalue weighted by atomic mass is 10.1. The van der Waals surface area contributed by atoms with Crippen molar-refractivity contribution in [3.8, 4) is 0 Å². The van der Waals surface area contributed by atoms with Crippen LogP contribution in [0.2, 0.25) is 0 Å². The summed E-state index contributed by atoms with van der Waals surface area (Å²) in [5.41, 5.74) is 1.45. The first-order valence-corrected chi connectivity index (χ1v) is 7.23. The molecule has 1 atom stereocenters. The minimum Gasteiger partial charge on any atom is -0.312 e. The van der Waals surface area contributed by atoms with E-state index < -0.39 is 0 Å². The van der Waals surface area contributed by atoms with Gasteiger partial charge in [0.15, 0.2) is 0 Å². The van der Waals surface area contributed by atoms with Crippen LogP contribution in [0, 0.1) is 5.92 Å². The SMILES string of the molecule is CC(C)CN1CCCNC(Cc2ccccc2)C1. The van der Waals surface area contributed by atoms with Crippen molar-refractivity contribution < 1.29 is 0 Å². The molecule has 0 aliphatic carbocycles. The van der Waals surface area contributed by atoms with Crippen LogP contribution in [-0.2, 0) is 6.42 Å². The van der Waals surface area contributed by atoms with Crippen molar-refractivity contribution in [1.82, 2.24) is 10.2 Å². The molecule has 1 fully saturated rings. The summed E-state index contributed by atoms with van der Waals surface area (Å²) in [6.07, 6.45) is 2.42. The lowest BCUT2D eigenvalue weighted by Crippen LogP contribution is -2.40. The molecule has 2 heteroatoms. The first-order chi connectivity index (χ1) is 8.74. The van der Waals surface area contributed by atoms with E-state index in [9.17, 15) is 0 Å². The highest BCUT2D eigenvalue weighted by atomic mass is 15.2. The van der Waals surface area contributed by atoms with Crippen molar-refractivity contribution in [1.29, 1.82) is 0 Å². The Bertz CT molecular complexity index is 334. The molecule has 2 nitrogen and oxygen atoms in total. The van der Waals surface area contributed by atoms with E-state index in [0.29, 0.717) is 6.04 Å². The van der Waals surface area contributed by atoms with Crippen molar-refractivity contribution in [2.24, 2.45) is 5.92 Å². The fraction of sp³-hybridized carbons (Fsp3) is 0.625. The van der Waals surface area contributed by atoms with Gasteiger partial charge in [-0.2, -0.15) is 0 Å². The molecule has 0 radical (unpaired) electrons. The van der Waals surface area contributed by atoms with Crippen molar-refractivity contribution in [2.45, 2.75) is 32.7 Å². The van der Waals surface area contributed by atoms with Gasteiger partial charge >= 0.3 is 0 Å². The minimum absolute atomic E-state index is 0.605. The third kappa shape index (κ3) is 4.43. The molecule has 0 saturated carbocycles. The third-order valence-electron chi connectivity index (χ3n) is 3.51. The van der Waals surface area contributed by atoms with E-state index in [1.165, 1.54) is 31.6 Å². The van der Waals surface area contributed by atoms with Gasteiger partial charge in [-0.25, -0.2) is 0 Å². The smallest absolute Gasteiger partial charge is 0.0235 e. The summed E-state index contributed by atoms with van der Waals surface area (Å²) in [5, 5.41) is 3.69. The Morgan fingerprint density at radius 3 is 2.78 bits per heavy atom. The number of nitrogens with zero attached hydrogens (tertiary/aromatic N) is 1. The van der Waals surface area contributed by atoms with Crippen LogP contribution in [0.3, 0.4) is 0 Å². The second-order valence-electron chi connectivity index (χ2n) is 5.85. The molecular weight excluding hydrogens is 220 g/mol. The summed E-state index contributed by atoms with van der Waals surface area (Å²) >= 11 is 0. The zero-order valence-electron chi connectivity index (χ0n) is 11.7. The Morgan fingerprint density at radius 2 is 2.06 bits per heavy atom. The fourth-order valence-electron chi connectivity index (χ4n) is 2.79. The lowest BCUT2D eigenvalue weighted by Gasteiger charge is -2.26. The van der Waals surface area contributed by atoms with Crippen molar-refractivity contribution in [3.05, 3.63) is 35.9 Å². The molecule has 1 N–H and O–H groups in total. The summed E-state index contributed by atoms with van der Waals surface area (Å²) in [4.78, 5) is 2.62. The minimum atomic E-state index is 0.605. The predicted octanol–water partition coefficient (Wildman–Crippen LogP) is 2.55. The molecule has 1 aromatic carbocycles. The zero-order chi connectivity index (χ0) is 12.8. The van der Waals surface area contributed by atoms with E-state index in [1.807, 2.05) is 0 Å². The normalized spacial score (nSPS) is 22.1. The maximum atomic E-state index is 3.69. The number of hydrogen-bond donors (Lipinski definition) is 1. The maximum Gasteiger partial charge on any atom is 0.0235 e. The molecule has 0 spiro atoms. The van der Waals surface area contributed by atoms with Crippen molar-refractivity contribution in [3.63, 3.8) is 0 Å². The molecule has 1 unspecified atom stereocenters. The molecule has 0 bridgehead atoms. The average Bonchev–Trinajstić information content (AvgIpc) is 2.55. The van der Waals surface area contributed by atoms with E-state index in [-0.39, 0.29) is 0 Å². The number of hydrogen-bond acceptors (Lipinski definition) is 2. The van der Waals surface area contributed by atoms with Gasteiger partial charge in [0.05, 0.1) is 0 Å². The maximum absolute atomic E-state index is 3.69. The van der Waals surface area contributed by atoms with Gasteiger partial charge in [-0.1, -0.05) is 44.2 Å². The fourth-order valence-corrected chi connectivity index (χ4v) is 2.79.